The highest BCUT2D eigenvalue weighted by Crippen LogP contribution is 2.20. The third-order valence-corrected chi connectivity index (χ3v) is 3.83. The summed E-state index contributed by atoms with van der Waals surface area (Å²) in [6.45, 7) is 4.31. The van der Waals surface area contributed by atoms with Crippen LogP contribution in [-0.2, 0) is 19.1 Å². The fraction of sp³-hybridized carbons (Fsp3) is 0.412. The van der Waals surface area contributed by atoms with Gasteiger partial charge < -0.3 is 14.4 Å². The summed E-state index contributed by atoms with van der Waals surface area (Å²) in [6.07, 6.45) is 2.15. The number of hydrogen-bond donors (Lipinski definition) is 0. The van der Waals surface area contributed by atoms with Gasteiger partial charge in [-0.05, 0) is 32.1 Å². The van der Waals surface area contributed by atoms with E-state index in [1.165, 1.54) is 24.3 Å². The molecule has 1 fully saturated rings. The molecule has 2 rings (SSSR count). The Bertz CT molecular complexity index is 619. The fourth-order valence-corrected chi connectivity index (χ4v) is 2.70. The zero-order valence-corrected chi connectivity index (χ0v) is 14.3. The minimum atomic E-state index is -0.739. The highest BCUT2D eigenvalue weighted by atomic mass is 35.5. The Labute approximate surface area is 145 Å². The smallest absolute Gasteiger partial charge is 0.331 e. The summed E-state index contributed by atoms with van der Waals surface area (Å²) in [5, 5.41) is 0.186. The lowest BCUT2D eigenvalue weighted by atomic mass is 10.2. The van der Waals surface area contributed by atoms with Gasteiger partial charge in [0.25, 0.3) is 5.91 Å². The molecule has 0 unspecified atom stereocenters. The summed E-state index contributed by atoms with van der Waals surface area (Å²) < 4.78 is 24.0. The molecular weight excluding hydrogens is 337 g/mol. The molecule has 0 aliphatic carbocycles. The Kier molecular flexibility index (Phi) is 6.34. The van der Waals surface area contributed by atoms with E-state index in [1.807, 2.05) is 13.8 Å². The summed E-state index contributed by atoms with van der Waals surface area (Å²) >= 11 is 5.85. The Hall–Kier alpha value is -1.92. The molecule has 24 heavy (non-hydrogen) atoms. The van der Waals surface area contributed by atoms with Crippen LogP contribution in [0.1, 0.15) is 19.4 Å². The largest absolute Gasteiger partial charge is 0.452 e. The molecule has 130 valence electrons. The van der Waals surface area contributed by atoms with E-state index in [0.717, 1.165) is 6.08 Å². The monoisotopic (exact) mass is 355 g/mol. The molecule has 0 radical (unpaired) electrons. The second-order valence-electron chi connectivity index (χ2n) is 5.63. The van der Waals surface area contributed by atoms with Crippen LogP contribution in [0.5, 0.6) is 0 Å². The van der Waals surface area contributed by atoms with Crippen molar-refractivity contribution in [3.63, 3.8) is 0 Å². The molecule has 0 saturated carbocycles. The van der Waals surface area contributed by atoms with Crippen molar-refractivity contribution in [2.24, 2.45) is 0 Å². The second-order valence-corrected chi connectivity index (χ2v) is 6.04. The van der Waals surface area contributed by atoms with Crippen molar-refractivity contribution in [1.82, 2.24) is 4.90 Å². The van der Waals surface area contributed by atoms with Gasteiger partial charge in [-0.3, -0.25) is 4.79 Å². The van der Waals surface area contributed by atoms with E-state index in [-0.39, 0.29) is 35.3 Å². The van der Waals surface area contributed by atoms with Gasteiger partial charge in [0.2, 0.25) is 0 Å². The quantitative estimate of drug-likeness (QED) is 0.615. The van der Waals surface area contributed by atoms with Gasteiger partial charge in [-0.2, -0.15) is 0 Å². The maximum Gasteiger partial charge on any atom is 0.331 e. The van der Waals surface area contributed by atoms with Crippen LogP contribution >= 0.6 is 11.6 Å². The van der Waals surface area contributed by atoms with Gasteiger partial charge in [-0.15, -0.1) is 0 Å². The molecule has 7 heteroatoms. The Balaban J connectivity index is 1.87. The lowest BCUT2D eigenvalue weighted by Crippen LogP contribution is -2.49. The third-order valence-electron chi connectivity index (χ3n) is 3.50. The molecule has 1 aromatic carbocycles. The van der Waals surface area contributed by atoms with E-state index in [2.05, 4.69) is 0 Å². The summed E-state index contributed by atoms with van der Waals surface area (Å²) in [5.74, 6) is -1.57. The third kappa shape index (κ3) is 5.04. The first-order valence-electron chi connectivity index (χ1n) is 7.59. The molecule has 0 N–H and O–H groups in total. The van der Waals surface area contributed by atoms with Crippen molar-refractivity contribution in [3.8, 4) is 0 Å². The maximum absolute atomic E-state index is 13.6. The summed E-state index contributed by atoms with van der Waals surface area (Å²) in [7, 11) is 0. The maximum atomic E-state index is 13.6. The van der Waals surface area contributed by atoms with Crippen molar-refractivity contribution in [3.05, 3.63) is 40.7 Å². The van der Waals surface area contributed by atoms with Crippen LogP contribution in [0.3, 0.4) is 0 Å². The Morgan fingerprint density at radius 1 is 1.38 bits per heavy atom. The van der Waals surface area contributed by atoms with Crippen molar-refractivity contribution < 1.29 is 23.5 Å². The van der Waals surface area contributed by atoms with E-state index in [9.17, 15) is 14.0 Å². The van der Waals surface area contributed by atoms with Crippen molar-refractivity contribution in [2.45, 2.75) is 26.1 Å². The number of morpholine rings is 1. The highest BCUT2D eigenvalue weighted by molar-refractivity contribution is 6.32. The fourth-order valence-electron chi connectivity index (χ4n) is 2.48. The van der Waals surface area contributed by atoms with Gasteiger partial charge in [-0.25, -0.2) is 9.18 Å². The number of carbonyl (C=O) groups excluding carboxylic acids is 2. The van der Waals surface area contributed by atoms with E-state index >= 15 is 0 Å². The van der Waals surface area contributed by atoms with E-state index in [1.54, 1.807) is 4.90 Å². The van der Waals surface area contributed by atoms with Crippen molar-refractivity contribution >= 4 is 29.6 Å². The Morgan fingerprint density at radius 3 is 2.67 bits per heavy atom. The van der Waals surface area contributed by atoms with Crippen LogP contribution in [0.2, 0.25) is 5.02 Å². The number of benzene rings is 1. The molecule has 0 aromatic heterocycles. The average Bonchev–Trinajstić information content (AvgIpc) is 2.51. The molecule has 2 atom stereocenters. The van der Waals surface area contributed by atoms with Crippen LogP contribution in [0, 0.1) is 5.82 Å². The van der Waals surface area contributed by atoms with Crippen LogP contribution in [0.15, 0.2) is 24.3 Å². The lowest BCUT2D eigenvalue weighted by Gasteiger charge is -2.35. The molecule has 1 aromatic rings. The summed E-state index contributed by atoms with van der Waals surface area (Å²) in [5.41, 5.74) is 0.0956. The highest BCUT2D eigenvalue weighted by Gasteiger charge is 2.26. The number of esters is 1. The predicted molar refractivity (Wildman–Crippen MR) is 88.0 cm³/mol. The van der Waals surface area contributed by atoms with Gasteiger partial charge in [0, 0.05) is 24.7 Å². The SMILES string of the molecule is C[C@H]1CN(C(=O)COC(=O)/C=C/c2c(F)cccc2Cl)C[C@H](C)O1. The first-order chi connectivity index (χ1) is 11.4. The van der Waals surface area contributed by atoms with Crippen molar-refractivity contribution in [2.75, 3.05) is 19.7 Å². The zero-order chi connectivity index (χ0) is 17.7. The second kappa shape index (κ2) is 8.26. The number of amides is 1. The number of ether oxygens (including phenoxy) is 2. The van der Waals surface area contributed by atoms with Gasteiger partial charge in [-0.1, -0.05) is 17.7 Å². The molecule has 1 saturated heterocycles. The van der Waals surface area contributed by atoms with E-state index in [0.29, 0.717) is 13.1 Å². The standard InChI is InChI=1S/C17H19ClFNO4/c1-11-8-20(9-12(2)24-11)16(21)10-23-17(22)7-6-13-14(18)4-3-5-15(13)19/h3-7,11-12H,8-10H2,1-2H3/b7-6+/t11-,12-/m0/s1. The molecule has 1 aliphatic heterocycles. The first-order valence-corrected chi connectivity index (χ1v) is 7.96. The summed E-state index contributed by atoms with van der Waals surface area (Å²) in [6, 6.07) is 4.22. The van der Waals surface area contributed by atoms with Gasteiger partial charge in [0.1, 0.15) is 5.82 Å². The van der Waals surface area contributed by atoms with Crippen molar-refractivity contribution in [1.29, 1.82) is 0 Å². The topological polar surface area (TPSA) is 55.8 Å². The van der Waals surface area contributed by atoms with E-state index in [4.69, 9.17) is 21.1 Å². The minimum absolute atomic E-state index is 0.0588. The molecular formula is C17H19ClFNO4. The number of nitrogens with zero attached hydrogens (tertiary/aromatic N) is 1. The molecule has 1 aliphatic rings. The van der Waals surface area contributed by atoms with Gasteiger partial charge in [0.15, 0.2) is 6.61 Å². The normalized spacial score (nSPS) is 21.1. The lowest BCUT2D eigenvalue weighted by molar-refractivity contribution is -0.154. The zero-order valence-electron chi connectivity index (χ0n) is 13.5. The number of rotatable bonds is 4. The van der Waals surface area contributed by atoms with Gasteiger partial charge >= 0.3 is 5.97 Å². The number of carbonyl (C=O) groups is 2. The molecule has 5 nitrogen and oxygen atoms in total. The average molecular weight is 356 g/mol. The van der Waals surface area contributed by atoms with Crippen LogP contribution in [0.4, 0.5) is 4.39 Å². The molecule has 0 bridgehead atoms. The van der Waals surface area contributed by atoms with Gasteiger partial charge in [0.05, 0.1) is 17.2 Å². The molecule has 1 heterocycles. The first kappa shape index (κ1) is 18.4. The predicted octanol–water partition coefficient (Wildman–Crippen LogP) is 2.67. The minimum Gasteiger partial charge on any atom is -0.452 e. The number of halogens is 2. The Morgan fingerprint density at radius 2 is 2.04 bits per heavy atom. The van der Waals surface area contributed by atoms with Crippen LogP contribution in [-0.4, -0.2) is 48.7 Å². The van der Waals surface area contributed by atoms with Crippen LogP contribution in [0.25, 0.3) is 6.08 Å². The van der Waals surface area contributed by atoms with E-state index < -0.39 is 11.8 Å². The summed E-state index contributed by atoms with van der Waals surface area (Å²) in [4.78, 5) is 25.3. The molecule has 0 spiro atoms. The molecule has 1 amide bonds. The van der Waals surface area contributed by atoms with Crippen LogP contribution < -0.4 is 0 Å². The number of hydrogen-bond acceptors (Lipinski definition) is 4.